The fraction of sp³-hybridized carbons (Fsp3) is 0.250. The van der Waals surface area contributed by atoms with Crippen LogP contribution < -0.4 is 10.1 Å². The molecule has 1 aliphatic carbocycles. The lowest BCUT2D eigenvalue weighted by atomic mass is 10.2. The summed E-state index contributed by atoms with van der Waals surface area (Å²) in [6.45, 7) is 0.822. The zero-order valence-corrected chi connectivity index (χ0v) is 12.4. The molecule has 2 nitrogen and oxygen atoms in total. The minimum absolute atomic E-state index is 0.498. The van der Waals surface area contributed by atoms with E-state index in [2.05, 4.69) is 11.4 Å². The van der Waals surface area contributed by atoms with Gasteiger partial charge in [-0.1, -0.05) is 41.4 Å². The first-order valence-corrected chi connectivity index (χ1v) is 7.42. The average molecular weight is 308 g/mol. The summed E-state index contributed by atoms with van der Waals surface area (Å²) >= 11 is 11.9. The molecule has 1 N–H and O–H groups in total. The second kappa shape index (κ2) is 6.04. The van der Waals surface area contributed by atoms with Crippen molar-refractivity contribution in [2.75, 3.05) is 0 Å². The summed E-state index contributed by atoms with van der Waals surface area (Å²) in [4.78, 5) is 0. The highest BCUT2D eigenvalue weighted by molar-refractivity contribution is 6.42. The summed E-state index contributed by atoms with van der Waals surface area (Å²) < 4.78 is 5.91. The number of hydrogen-bond acceptors (Lipinski definition) is 2. The predicted octanol–water partition coefficient (Wildman–Crippen LogP) is 5.04. The Hall–Kier alpha value is -1.22. The average Bonchev–Trinajstić information content (AvgIpc) is 3.26. The maximum Gasteiger partial charge on any atom is 0.131 e. The SMILES string of the molecule is Clc1ccc(Oc2ccccc2CNC2CC2)cc1Cl. The largest absolute Gasteiger partial charge is 0.457 e. The molecule has 104 valence electrons. The summed E-state index contributed by atoms with van der Waals surface area (Å²) in [6, 6.07) is 14.0. The van der Waals surface area contributed by atoms with Crippen LogP contribution in [-0.2, 0) is 6.54 Å². The molecule has 0 aromatic heterocycles. The molecule has 0 bridgehead atoms. The molecule has 0 unspecified atom stereocenters. The monoisotopic (exact) mass is 307 g/mol. The molecule has 1 saturated carbocycles. The Labute approximate surface area is 128 Å². The molecule has 3 rings (SSSR count). The lowest BCUT2D eigenvalue weighted by molar-refractivity contribution is 0.472. The number of nitrogens with one attached hydrogen (secondary N) is 1. The third-order valence-corrected chi connectivity index (χ3v) is 3.99. The number of rotatable bonds is 5. The molecule has 0 heterocycles. The Morgan fingerprint density at radius 2 is 1.85 bits per heavy atom. The molecule has 1 aliphatic rings. The topological polar surface area (TPSA) is 21.3 Å². The fourth-order valence-electron chi connectivity index (χ4n) is 1.96. The van der Waals surface area contributed by atoms with Gasteiger partial charge in [-0.3, -0.25) is 0 Å². The molecule has 2 aromatic rings. The van der Waals surface area contributed by atoms with Gasteiger partial charge in [0.2, 0.25) is 0 Å². The van der Waals surface area contributed by atoms with Gasteiger partial charge in [-0.05, 0) is 31.0 Å². The van der Waals surface area contributed by atoms with Crippen LogP contribution >= 0.6 is 23.2 Å². The highest BCUT2D eigenvalue weighted by atomic mass is 35.5. The van der Waals surface area contributed by atoms with Crippen molar-refractivity contribution in [1.29, 1.82) is 0 Å². The van der Waals surface area contributed by atoms with Gasteiger partial charge >= 0.3 is 0 Å². The third kappa shape index (κ3) is 3.45. The van der Waals surface area contributed by atoms with Gasteiger partial charge in [-0.15, -0.1) is 0 Å². The van der Waals surface area contributed by atoms with Gasteiger partial charge in [-0.25, -0.2) is 0 Å². The van der Waals surface area contributed by atoms with Crippen LogP contribution in [0.4, 0.5) is 0 Å². The molecule has 0 atom stereocenters. The molecular weight excluding hydrogens is 293 g/mol. The number of para-hydroxylation sites is 1. The molecule has 20 heavy (non-hydrogen) atoms. The first-order valence-electron chi connectivity index (χ1n) is 6.66. The van der Waals surface area contributed by atoms with Crippen LogP contribution in [-0.4, -0.2) is 6.04 Å². The zero-order chi connectivity index (χ0) is 13.9. The lowest BCUT2D eigenvalue weighted by Crippen LogP contribution is -2.15. The van der Waals surface area contributed by atoms with Gasteiger partial charge in [-0.2, -0.15) is 0 Å². The van der Waals surface area contributed by atoms with Crippen molar-refractivity contribution < 1.29 is 4.74 Å². The minimum atomic E-state index is 0.498. The Kier molecular flexibility index (Phi) is 4.16. The van der Waals surface area contributed by atoms with E-state index in [-0.39, 0.29) is 0 Å². The van der Waals surface area contributed by atoms with Crippen molar-refractivity contribution in [3.05, 3.63) is 58.1 Å². The van der Waals surface area contributed by atoms with E-state index < -0.39 is 0 Å². The summed E-state index contributed by atoms with van der Waals surface area (Å²) in [5.41, 5.74) is 1.14. The normalized spacial score (nSPS) is 14.3. The maximum atomic E-state index is 6.01. The lowest BCUT2D eigenvalue weighted by Gasteiger charge is -2.12. The van der Waals surface area contributed by atoms with Crippen LogP contribution in [0.15, 0.2) is 42.5 Å². The van der Waals surface area contributed by atoms with Crippen LogP contribution in [0.1, 0.15) is 18.4 Å². The quantitative estimate of drug-likeness (QED) is 0.835. The number of halogens is 2. The molecule has 1 fully saturated rings. The second-order valence-electron chi connectivity index (χ2n) is 4.94. The van der Waals surface area contributed by atoms with Crippen LogP contribution in [0.5, 0.6) is 11.5 Å². The summed E-state index contributed by atoms with van der Waals surface area (Å²) in [7, 11) is 0. The summed E-state index contributed by atoms with van der Waals surface area (Å²) in [5.74, 6) is 1.54. The number of benzene rings is 2. The Bertz CT molecular complexity index is 611. The standard InChI is InChI=1S/C16H15Cl2NO/c17-14-8-7-13(9-15(14)18)20-16-4-2-1-3-11(16)10-19-12-5-6-12/h1-4,7-9,12,19H,5-6,10H2. The molecule has 0 aliphatic heterocycles. The van der Waals surface area contributed by atoms with Gasteiger partial charge in [0, 0.05) is 24.2 Å². The number of hydrogen-bond donors (Lipinski definition) is 1. The van der Waals surface area contributed by atoms with E-state index in [1.54, 1.807) is 12.1 Å². The number of ether oxygens (including phenoxy) is 1. The van der Waals surface area contributed by atoms with Crippen molar-refractivity contribution in [2.45, 2.75) is 25.4 Å². The van der Waals surface area contributed by atoms with Crippen molar-refractivity contribution >= 4 is 23.2 Å². The fourth-order valence-corrected chi connectivity index (χ4v) is 2.25. The Morgan fingerprint density at radius 3 is 2.60 bits per heavy atom. The van der Waals surface area contributed by atoms with Gasteiger partial charge in [0.1, 0.15) is 11.5 Å². The van der Waals surface area contributed by atoms with Crippen LogP contribution in [0.2, 0.25) is 10.0 Å². The molecule has 0 amide bonds. The third-order valence-electron chi connectivity index (χ3n) is 3.25. The molecule has 4 heteroatoms. The van der Waals surface area contributed by atoms with E-state index >= 15 is 0 Å². The van der Waals surface area contributed by atoms with Crippen LogP contribution in [0.25, 0.3) is 0 Å². The van der Waals surface area contributed by atoms with Gasteiger partial charge in [0.15, 0.2) is 0 Å². The van der Waals surface area contributed by atoms with E-state index in [4.69, 9.17) is 27.9 Å². The predicted molar refractivity (Wildman–Crippen MR) is 82.8 cm³/mol. The molecular formula is C16H15Cl2NO. The van der Waals surface area contributed by atoms with Gasteiger partial charge < -0.3 is 10.1 Å². The van der Waals surface area contributed by atoms with Crippen molar-refractivity contribution in [3.8, 4) is 11.5 Å². The van der Waals surface area contributed by atoms with E-state index in [0.717, 1.165) is 17.9 Å². The molecule has 0 spiro atoms. The molecule has 0 radical (unpaired) electrons. The van der Waals surface area contributed by atoms with Gasteiger partial charge in [0.25, 0.3) is 0 Å². The summed E-state index contributed by atoms with van der Waals surface area (Å²) in [6.07, 6.45) is 2.55. The van der Waals surface area contributed by atoms with Gasteiger partial charge in [0.05, 0.1) is 10.0 Å². The Balaban J connectivity index is 1.76. The van der Waals surface area contributed by atoms with E-state index in [1.807, 2.05) is 24.3 Å². The molecule has 0 saturated heterocycles. The van der Waals surface area contributed by atoms with Crippen LogP contribution in [0, 0.1) is 0 Å². The smallest absolute Gasteiger partial charge is 0.131 e. The maximum absolute atomic E-state index is 6.01. The second-order valence-corrected chi connectivity index (χ2v) is 5.76. The highest BCUT2D eigenvalue weighted by Gasteiger charge is 2.20. The first kappa shape index (κ1) is 13.7. The molecule has 2 aromatic carbocycles. The van der Waals surface area contributed by atoms with Crippen molar-refractivity contribution in [2.24, 2.45) is 0 Å². The van der Waals surface area contributed by atoms with E-state index in [1.165, 1.54) is 12.8 Å². The summed E-state index contributed by atoms with van der Waals surface area (Å²) in [5, 5.41) is 4.52. The first-order chi connectivity index (χ1) is 9.72. The minimum Gasteiger partial charge on any atom is -0.457 e. The van der Waals surface area contributed by atoms with E-state index in [9.17, 15) is 0 Å². The Morgan fingerprint density at radius 1 is 1.05 bits per heavy atom. The van der Waals surface area contributed by atoms with Crippen molar-refractivity contribution in [1.82, 2.24) is 5.32 Å². The van der Waals surface area contributed by atoms with E-state index in [0.29, 0.717) is 21.8 Å². The van der Waals surface area contributed by atoms with Crippen molar-refractivity contribution in [3.63, 3.8) is 0 Å². The zero-order valence-electron chi connectivity index (χ0n) is 10.9. The van der Waals surface area contributed by atoms with Crippen LogP contribution in [0.3, 0.4) is 0 Å². The highest BCUT2D eigenvalue weighted by Crippen LogP contribution is 2.31.